The van der Waals surface area contributed by atoms with Crippen LogP contribution in [0, 0.1) is 6.92 Å². The van der Waals surface area contributed by atoms with E-state index in [0.29, 0.717) is 6.04 Å². The van der Waals surface area contributed by atoms with Crippen LogP contribution in [0.25, 0.3) is 0 Å². The quantitative estimate of drug-likeness (QED) is 0.831. The Morgan fingerprint density at radius 2 is 1.41 bits per heavy atom. The minimum absolute atomic E-state index is 0.553. The molecule has 1 aliphatic rings. The van der Waals surface area contributed by atoms with Crippen LogP contribution in [0.15, 0.2) is 60.7 Å². The third-order valence-corrected chi connectivity index (χ3v) is 4.50. The number of benzene rings is 2. The maximum atomic E-state index is 4.17. The average molecular weight is 293 g/mol. The molecule has 1 heterocycles. The Kier molecular flexibility index (Phi) is 5.25. The van der Waals surface area contributed by atoms with E-state index in [4.69, 9.17) is 0 Å². The molecule has 0 spiro atoms. The van der Waals surface area contributed by atoms with Gasteiger partial charge in [0.2, 0.25) is 0 Å². The topological polar surface area (TPSA) is 6.48 Å². The molecule has 2 aromatic rings. The van der Waals surface area contributed by atoms with E-state index in [1.165, 1.54) is 11.1 Å². The van der Waals surface area contributed by atoms with Crippen LogP contribution in [-0.4, -0.2) is 35.5 Å². The second-order valence-electron chi connectivity index (χ2n) is 6.12. The van der Waals surface area contributed by atoms with Gasteiger partial charge in [0.05, 0.1) is 0 Å². The summed E-state index contributed by atoms with van der Waals surface area (Å²) >= 11 is 0. The Labute approximate surface area is 134 Å². The molecule has 1 fully saturated rings. The van der Waals surface area contributed by atoms with E-state index < -0.39 is 0 Å². The van der Waals surface area contributed by atoms with Gasteiger partial charge in [0, 0.05) is 38.8 Å². The first-order valence-electron chi connectivity index (χ1n) is 8.18. The van der Waals surface area contributed by atoms with Gasteiger partial charge < -0.3 is 0 Å². The van der Waals surface area contributed by atoms with E-state index in [1.54, 1.807) is 0 Å². The molecule has 1 atom stereocenters. The molecule has 1 unspecified atom stereocenters. The van der Waals surface area contributed by atoms with Gasteiger partial charge in [-0.05, 0) is 17.5 Å². The van der Waals surface area contributed by atoms with Crippen LogP contribution in [0.1, 0.15) is 17.5 Å². The summed E-state index contributed by atoms with van der Waals surface area (Å²) in [6, 6.07) is 22.1. The molecular weight excluding hydrogens is 268 g/mol. The maximum Gasteiger partial charge on any atom is 0.0237 e. The molecule has 115 valence electrons. The highest BCUT2D eigenvalue weighted by molar-refractivity contribution is 5.16. The van der Waals surface area contributed by atoms with Crippen molar-refractivity contribution in [2.75, 3.05) is 19.6 Å². The second-order valence-corrected chi connectivity index (χ2v) is 6.12. The molecule has 22 heavy (non-hydrogen) atoms. The van der Waals surface area contributed by atoms with Crippen LogP contribution >= 0.6 is 0 Å². The summed E-state index contributed by atoms with van der Waals surface area (Å²) in [5.74, 6) is 0. The SMILES string of the molecule is [CH2]CC1CN(Cc2ccccc2)CCN1Cc1ccccc1. The van der Waals surface area contributed by atoms with Gasteiger partial charge in [-0.1, -0.05) is 67.6 Å². The van der Waals surface area contributed by atoms with E-state index >= 15 is 0 Å². The molecular formula is C20H25N2. The van der Waals surface area contributed by atoms with Gasteiger partial charge in [0.1, 0.15) is 0 Å². The van der Waals surface area contributed by atoms with Gasteiger partial charge >= 0.3 is 0 Å². The van der Waals surface area contributed by atoms with Crippen LogP contribution < -0.4 is 0 Å². The zero-order chi connectivity index (χ0) is 15.2. The largest absolute Gasteiger partial charge is 0.296 e. The summed E-state index contributed by atoms with van der Waals surface area (Å²) in [7, 11) is 0. The third-order valence-electron chi connectivity index (χ3n) is 4.50. The number of rotatable bonds is 5. The predicted octanol–water partition coefficient (Wildman–Crippen LogP) is 3.60. The molecule has 0 aliphatic carbocycles. The highest BCUT2D eigenvalue weighted by Crippen LogP contribution is 2.18. The summed E-state index contributed by atoms with van der Waals surface area (Å²) in [6.45, 7) is 9.65. The predicted molar refractivity (Wildman–Crippen MR) is 92.3 cm³/mol. The zero-order valence-corrected chi connectivity index (χ0v) is 13.2. The molecule has 0 amide bonds. The smallest absolute Gasteiger partial charge is 0.0237 e. The molecule has 1 saturated heterocycles. The zero-order valence-electron chi connectivity index (χ0n) is 13.2. The van der Waals surface area contributed by atoms with Gasteiger partial charge in [-0.15, -0.1) is 0 Å². The molecule has 2 aromatic carbocycles. The number of nitrogens with zero attached hydrogens (tertiary/aromatic N) is 2. The van der Waals surface area contributed by atoms with E-state index in [2.05, 4.69) is 77.4 Å². The van der Waals surface area contributed by atoms with E-state index in [1.807, 2.05) is 0 Å². The van der Waals surface area contributed by atoms with Gasteiger partial charge in [0.25, 0.3) is 0 Å². The van der Waals surface area contributed by atoms with Gasteiger partial charge in [-0.25, -0.2) is 0 Å². The lowest BCUT2D eigenvalue weighted by atomic mass is 10.1. The lowest BCUT2D eigenvalue weighted by Gasteiger charge is -2.41. The summed E-state index contributed by atoms with van der Waals surface area (Å²) in [5, 5.41) is 0. The maximum absolute atomic E-state index is 4.17. The summed E-state index contributed by atoms with van der Waals surface area (Å²) < 4.78 is 0. The lowest BCUT2D eigenvalue weighted by molar-refractivity contribution is 0.0651. The molecule has 2 nitrogen and oxygen atoms in total. The Bertz CT molecular complexity index is 552. The summed E-state index contributed by atoms with van der Waals surface area (Å²) in [6.07, 6.45) is 0.970. The van der Waals surface area contributed by atoms with Crippen LogP contribution in [0.3, 0.4) is 0 Å². The average Bonchev–Trinajstić information content (AvgIpc) is 2.58. The van der Waals surface area contributed by atoms with Crippen LogP contribution in [-0.2, 0) is 13.1 Å². The van der Waals surface area contributed by atoms with Crippen molar-refractivity contribution < 1.29 is 0 Å². The van der Waals surface area contributed by atoms with E-state index in [-0.39, 0.29) is 0 Å². The monoisotopic (exact) mass is 293 g/mol. The van der Waals surface area contributed by atoms with Crippen molar-refractivity contribution in [2.45, 2.75) is 25.6 Å². The Morgan fingerprint density at radius 3 is 2.00 bits per heavy atom. The molecule has 1 aliphatic heterocycles. The van der Waals surface area contributed by atoms with Crippen molar-refractivity contribution in [3.63, 3.8) is 0 Å². The van der Waals surface area contributed by atoms with Gasteiger partial charge in [-0.3, -0.25) is 9.80 Å². The molecule has 0 saturated carbocycles. The van der Waals surface area contributed by atoms with Crippen molar-refractivity contribution in [3.8, 4) is 0 Å². The molecule has 2 heteroatoms. The fourth-order valence-corrected chi connectivity index (χ4v) is 3.24. The molecule has 0 bridgehead atoms. The Hall–Kier alpha value is -1.64. The second kappa shape index (κ2) is 7.57. The van der Waals surface area contributed by atoms with Crippen LogP contribution in [0.4, 0.5) is 0 Å². The molecule has 1 radical (unpaired) electrons. The highest BCUT2D eigenvalue weighted by atomic mass is 15.3. The standard InChI is InChI=1S/C20H25N2/c1-2-20-17-21(15-18-9-5-3-6-10-18)13-14-22(20)16-19-11-7-4-8-12-19/h3-12,20H,1-2,13-17H2. The van der Waals surface area contributed by atoms with Crippen molar-refractivity contribution >= 4 is 0 Å². The Morgan fingerprint density at radius 1 is 0.818 bits per heavy atom. The minimum atomic E-state index is 0.553. The molecule has 3 rings (SSSR count). The van der Waals surface area contributed by atoms with Crippen molar-refractivity contribution in [2.24, 2.45) is 0 Å². The normalized spacial score (nSPS) is 20.1. The summed E-state index contributed by atoms with van der Waals surface area (Å²) in [5.41, 5.74) is 2.80. The number of piperazine rings is 1. The number of hydrogen-bond donors (Lipinski definition) is 0. The lowest BCUT2D eigenvalue weighted by Crippen LogP contribution is -2.52. The van der Waals surface area contributed by atoms with E-state index in [9.17, 15) is 0 Å². The fourth-order valence-electron chi connectivity index (χ4n) is 3.24. The minimum Gasteiger partial charge on any atom is -0.296 e. The number of hydrogen-bond acceptors (Lipinski definition) is 2. The van der Waals surface area contributed by atoms with Crippen molar-refractivity contribution in [1.82, 2.24) is 9.80 Å². The van der Waals surface area contributed by atoms with Crippen molar-refractivity contribution in [3.05, 3.63) is 78.7 Å². The molecule has 0 N–H and O–H groups in total. The Balaban J connectivity index is 1.59. The highest BCUT2D eigenvalue weighted by Gasteiger charge is 2.25. The fraction of sp³-hybridized carbons (Fsp3) is 0.350. The van der Waals surface area contributed by atoms with Gasteiger partial charge in [-0.2, -0.15) is 0 Å². The summed E-state index contributed by atoms with van der Waals surface area (Å²) in [4.78, 5) is 5.15. The third kappa shape index (κ3) is 3.96. The van der Waals surface area contributed by atoms with Crippen molar-refractivity contribution in [1.29, 1.82) is 0 Å². The first kappa shape index (κ1) is 15.3. The first-order valence-corrected chi connectivity index (χ1v) is 8.18. The van der Waals surface area contributed by atoms with Gasteiger partial charge in [0.15, 0.2) is 0 Å². The van der Waals surface area contributed by atoms with Crippen LogP contribution in [0.5, 0.6) is 0 Å². The van der Waals surface area contributed by atoms with E-state index in [0.717, 1.165) is 39.1 Å². The van der Waals surface area contributed by atoms with Crippen LogP contribution in [0.2, 0.25) is 0 Å². The first-order chi connectivity index (χ1) is 10.8. The molecule has 0 aromatic heterocycles.